The highest BCUT2D eigenvalue weighted by atomic mass is 16.5. The van der Waals surface area contributed by atoms with Gasteiger partial charge in [-0.1, -0.05) is 26.8 Å². The van der Waals surface area contributed by atoms with Crippen molar-refractivity contribution in [2.75, 3.05) is 6.61 Å². The molecule has 134 valence electrons. The molecule has 1 unspecified atom stereocenters. The molecule has 0 radical (unpaired) electrons. The number of carboxylic acid groups (broad SMARTS) is 1. The first kappa shape index (κ1) is 18.6. The minimum atomic E-state index is -1.23. The lowest BCUT2D eigenvalue weighted by Crippen LogP contribution is -2.14. The summed E-state index contributed by atoms with van der Waals surface area (Å²) >= 11 is 0. The van der Waals surface area contributed by atoms with Crippen LogP contribution in [0.4, 0.5) is 0 Å². The summed E-state index contributed by atoms with van der Waals surface area (Å²) in [4.78, 5) is 10.9. The fourth-order valence-electron chi connectivity index (χ4n) is 2.42. The van der Waals surface area contributed by atoms with E-state index in [1.807, 2.05) is 20.8 Å². The van der Waals surface area contributed by atoms with E-state index in [1.54, 1.807) is 12.1 Å². The first-order valence-corrected chi connectivity index (χ1v) is 7.80. The Labute approximate surface area is 145 Å². The highest BCUT2D eigenvalue weighted by Gasteiger charge is 2.20. The van der Waals surface area contributed by atoms with Crippen LogP contribution in [0.15, 0.2) is 36.4 Å². The van der Waals surface area contributed by atoms with E-state index in [1.165, 1.54) is 24.3 Å². The Kier molecular flexibility index (Phi) is 5.23. The second-order valence-corrected chi connectivity index (χ2v) is 6.84. The Bertz CT molecular complexity index is 776. The standard InChI is InChI=1S/C19H22O6/c1-19(2,3)14-8-11(4-7-15(14)20)17(22)10-25-12-5-6-13(18(23)24)16(21)9-12/h4-9,17,20-22H,10H2,1-3H3,(H,23,24). The lowest BCUT2D eigenvalue weighted by Gasteiger charge is -2.22. The number of aromatic hydroxyl groups is 2. The van der Waals surface area contributed by atoms with Gasteiger partial charge in [-0.05, 0) is 40.8 Å². The van der Waals surface area contributed by atoms with E-state index in [-0.39, 0.29) is 29.1 Å². The minimum Gasteiger partial charge on any atom is -0.508 e. The Morgan fingerprint density at radius 3 is 2.32 bits per heavy atom. The zero-order chi connectivity index (χ0) is 18.8. The lowest BCUT2D eigenvalue weighted by atomic mass is 9.85. The van der Waals surface area contributed by atoms with Gasteiger partial charge in [-0.3, -0.25) is 0 Å². The van der Waals surface area contributed by atoms with Gasteiger partial charge < -0.3 is 25.2 Å². The largest absolute Gasteiger partial charge is 0.508 e. The lowest BCUT2D eigenvalue weighted by molar-refractivity contribution is 0.0693. The van der Waals surface area contributed by atoms with Crippen molar-refractivity contribution in [1.82, 2.24) is 0 Å². The fourth-order valence-corrected chi connectivity index (χ4v) is 2.42. The Morgan fingerprint density at radius 2 is 1.76 bits per heavy atom. The second-order valence-electron chi connectivity index (χ2n) is 6.84. The molecule has 4 N–H and O–H groups in total. The van der Waals surface area contributed by atoms with Crippen LogP contribution in [0.5, 0.6) is 17.2 Å². The number of hydrogen-bond donors (Lipinski definition) is 4. The topological polar surface area (TPSA) is 107 Å². The number of ether oxygens (including phenoxy) is 1. The third-order valence-electron chi connectivity index (χ3n) is 3.82. The smallest absolute Gasteiger partial charge is 0.339 e. The number of aliphatic hydroxyl groups is 1. The van der Waals surface area contributed by atoms with Gasteiger partial charge >= 0.3 is 5.97 Å². The summed E-state index contributed by atoms with van der Waals surface area (Å²) in [5, 5.41) is 38.8. The summed E-state index contributed by atoms with van der Waals surface area (Å²) in [5.74, 6) is -1.23. The van der Waals surface area contributed by atoms with Crippen molar-refractivity contribution >= 4 is 5.97 Å². The second kappa shape index (κ2) is 7.03. The van der Waals surface area contributed by atoms with Gasteiger partial charge in [-0.25, -0.2) is 4.79 Å². The number of carbonyl (C=O) groups is 1. The predicted molar refractivity (Wildman–Crippen MR) is 92.3 cm³/mol. The molecule has 0 amide bonds. The third kappa shape index (κ3) is 4.42. The van der Waals surface area contributed by atoms with Crippen LogP contribution >= 0.6 is 0 Å². The molecular formula is C19H22O6. The third-order valence-corrected chi connectivity index (χ3v) is 3.82. The molecule has 2 aromatic rings. The van der Waals surface area contributed by atoms with E-state index < -0.39 is 17.8 Å². The first-order valence-electron chi connectivity index (χ1n) is 7.80. The van der Waals surface area contributed by atoms with Gasteiger partial charge in [0.1, 0.15) is 35.5 Å². The van der Waals surface area contributed by atoms with Gasteiger partial charge in [0.25, 0.3) is 0 Å². The minimum absolute atomic E-state index is 0.0831. The number of benzene rings is 2. The number of phenolic OH excluding ortho intramolecular Hbond substituents is 1. The molecule has 0 saturated carbocycles. The van der Waals surface area contributed by atoms with Crippen molar-refractivity contribution in [3.8, 4) is 17.2 Å². The summed E-state index contributed by atoms with van der Waals surface area (Å²) in [5.41, 5.74) is 0.807. The predicted octanol–water partition coefficient (Wildman–Crippen LogP) is 3.21. The molecule has 0 aliphatic rings. The molecule has 0 aliphatic heterocycles. The molecule has 6 heteroatoms. The summed E-state index contributed by atoms with van der Waals surface area (Å²) in [6.45, 7) is 5.80. The van der Waals surface area contributed by atoms with Crippen molar-refractivity contribution in [2.24, 2.45) is 0 Å². The molecule has 0 fully saturated rings. The molecule has 0 spiro atoms. The molecule has 6 nitrogen and oxygen atoms in total. The monoisotopic (exact) mass is 346 g/mol. The number of aromatic carboxylic acids is 1. The summed E-state index contributed by atoms with van der Waals surface area (Å²) < 4.78 is 5.43. The quantitative estimate of drug-likeness (QED) is 0.662. The van der Waals surface area contributed by atoms with Crippen molar-refractivity contribution in [2.45, 2.75) is 32.3 Å². The zero-order valence-electron chi connectivity index (χ0n) is 14.4. The number of aliphatic hydroxyl groups excluding tert-OH is 1. The number of carboxylic acids is 1. The van der Waals surface area contributed by atoms with Crippen LogP contribution < -0.4 is 4.74 Å². The molecule has 1 atom stereocenters. The summed E-state index contributed by atoms with van der Waals surface area (Å²) in [7, 11) is 0. The van der Waals surface area contributed by atoms with Crippen molar-refractivity contribution in [3.63, 3.8) is 0 Å². The molecule has 0 aromatic heterocycles. The molecule has 0 aliphatic carbocycles. The average Bonchev–Trinajstić information content (AvgIpc) is 2.51. The first-order chi connectivity index (χ1) is 11.6. The number of phenols is 2. The van der Waals surface area contributed by atoms with Crippen molar-refractivity contribution < 1.29 is 30.0 Å². The van der Waals surface area contributed by atoms with E-state index in [0.29, 0.717) is 11.1 Å². The highest BCUT2D eigenvalue weighted by molar-refractivity contribution is 5.90. The van der Waals surface area contributed by atoms with Crippen LogP contribution in [0.2, 0.25) is 0 Å². The van der Waals surface area contributed by atoms with E-state index in [0.717, 1.165) is 0 Å². The summed E-state index contributed by atoms with van der Waals surface area (Å²) in [6, 6.07) is 8.71. The molecule has 0 bridgehead atoms. The van der Waals surface area contributed by atoms with Gasteiger partial charge in [0.05, 0.1) is 0 Å². The van der Waals surface area contributed by atoms with Crippen LogP contribution in [0, 0.1) is 0 Å². The maximum absolute atomic E-state index is 10.9. The summed E-state index contributed by atoms with van der Waals surface area (Å²) in [6.07, 6.45) is -0.942. The van der Waals surface area contributed by atoms with Gasteiger partial charge in [-0.2, -0.15) is 0 Å². The molecule has 25 heavy (non-hydrogen) atoms. The zero-order valence-corrected chi connectivity index (χ0v) is 14.4. The van der Waals surface area contributed by atoms with E-state index in [4.69, 9.17) is 9.84 Å². The van der Waals surface area contributed by atoms with Crippen molar-refractivity contribution in [3.05, 3.63) is 53.1 Å². The SMILES string of the molecule is CC(C)(C)c1cc(C(O)COc2ccc(C(=O)O)c(O)c2)ccc1O. The Hall–Kier alpha value is -2.73. The molecular weight excluding hydrogens is 324 g/mol. The van der Waals surface area contributed by atoms with Crippen LogP contribution in [0.25, 0.3) is 0 Å². The van der Waals surface area contributed by atoms with E-state index >= 15 is 0 Å². The maximum atomic E-state index is 10.9. The Morgan fingerprint density at radius 1 is 1.08 bits per heavy atom. The highest BCUT2D eigenvalue weighted by Crippen LogP contribution is 2.33. The normalized spacial score (nSPS) is 12.6. The van der Waals surface area contributed by atoms with Crippen LogP contribution in [-0.4, -0.2) is 33.0 Å². The molecule has 2 rings (SSSR count). The molecule has 2 aromatic carbocycles. The van der Waals surface area contributed by atoms with Gasteiger partial charge in [0.15, 0.2) is 0 Å². The van der Waals surface area contributed by atoms with Crippen molar-refractivity contribution in [1.29, 1.82) is 0 Å². The Balaban J connectivity index is 2.12. The van der Waals surface area contributed by atoms with Gasteiger partial charge in [-0.15, -0.1) is 0 Å². The van der Waals surface area contributed by atoms with E-state index in [9.17, 15) is 20.1 Å². The van der Waals surface area contributed by atoms with Crippen LogP contribution in [-0.2, 0) is 5.41 Å². The van der Waals surface area contributed by atoms with Crippen LogP contribution in [0.1, 0.15) is 48.4 Å². The molecule has 0 saturated heterocycles. The van der Waals surface area contributed by atoms with E-state index in [2.05, 4.69) is 0 Å². The maximum Gasteiger partial charge on any atom is 0.339 e. The van der Waals surface area contributed by atoms with Gasteiger partial charge in [0, 0.05) is 6.07 Å². The number of rotatable bonds is 5. The van der Waals surface area contributed by atoms with Crippen LogP contribution in [0.3, 0.4) is 0 Å². The fraction of sp³-hybridized carbons (Fsp3) is 0.316. The van der Waals surface area contributed by atoms with Gasteiger partial charge in [0.2, 0.25) is 0 Å². The molecule has 0 heterocycles. The number of hydrogen-bond acceptors (Lipinski definition) is 5. The average molecular weight is 346 g/mol.